The average Bonchev–Trinajstić information content (AvgIpc) is 2.68. The summed E-state index contributed by atoms with van der Waals surface area (Å²) in [5, 5.41) is 6.66. The number of anilines is 1. The van der Waals surface area contributed by atoms with Gasteiger partial charge in [-0.2, -0.15) is 0 Å². The summed E-state index contributed by atoms with van der Waals surface area (Å²) in [5.41, 5.74) is 2.63. The van der Waals surface area contributed by atoms with Crippen LogP contribution < -0.4 is 15.4 Å². The van der Waals surface area contributed by atoms with Gasteiger partial charge in [-0.25, -0.2) is 0 Å². The van der Waals surface area contributed by atoms with Crippen molar-refractivity contribution in [2.45, 2.75) is 45.2 Å². The van der Waals surface area contributed by atoms with Crippen molar-refractivity contribution in [2.24, 2.45) is 5.92 Å². The summed E-state index contributed by atoms with van der Waals surface area (Å²) in [6.45, 7) is 3.17. The number of nitrogens with one attached hydrogen (secondary N) is 2. The van der Waals surface area contributed by atoms with Gasteiger partial charge in [0.25, 0.3) is 5.91 Å². The monoisotopic (exact) mass is 352 g/mol. The molecule has 1 aliphatic rings. The molecule has 3 rings (SSSR count). The summed E-state index contributed by atoms with van der Waals surface area (Å²) in [6, 6.07) is 15.8. The highest BCUT2D eigenvalue weighted by Crippen LogP contribution is 2.24. The van der Waals surface area contributed by atoms with Crippen LogP contribution in [0.1, 0.15) is 48.5 Å². The Morgan fingerprint density at radius 2 is 1.88 bits per heavy atom. The van der Waals surface area contributed by atoms with Gasteiger partial charge in [-0.15, -0.1) is 0 Å². The Balaban J connectivity index is 1.58. The van der Waals surface area contributed by atoms with E-state index in [1.807, 2.05) is 18.2 Å². The minimum absolute atomic E-state index is 0.112. The van der Waals surface area contributed by atoms with Crippen molar-refractivity contribution in [1.29, 1.82) is 0 Å². The Bertz CT molecular complexity index is 727. The molecule has 1 amide bonds. The van der Waals surface area contributed by atoms with Crippen LogP contribution >= 0.6 is 0 Å². The first kappa shape index (κ1) is 18.5. The lowest BCUT2D eigenvalue weighted by molar-refractivity contribution is 0.102. The van der Waals surface area contributed by atoms with Crippen molar-refractivity contribution in [1.82, 2.24) is 5.32 Å². The Labute approximate surface area is 156 Å². The highest BCUT2D eigenvalue weighted by Gasteiger charge is 2.20. The van der Waals surface area contributed by atoms with Crippen LogP contribution in [0.2, 0.25) is 0 Å². The first-order chi connectivity index (χ1) is 12.7. The average molecular weight is 352 g/mol. The van der Waals surface area contributed by atoms with Gasteiger partial charge in [-0.3, -0.25) is 4.79 Å². The highest BCUT2D eigenvalue weighted by molar-refractivity contribution is 6.04. The zero-order valence-electron chi connectivity index (χ0n) is 15.6. The molecule has 0 aliphatic heterocycles. The zero-order chi connectivity index (χ0) is 18.4. The number of hydrogen-bond donors (Lipinski definition) is 2. The zero-order valence-corrected chi connectivity index (χ0v) is 15.6. The predicted molar refractivity (Wildman–Crippen MR) is 106 cm³/mol. The van der Waals surface area contributed by atoms with Crippen LogP contribution in [0.15, 0.2) is 48.5 Å². The number of ether oxygens (including phenoxy) is 1. The van der Waals surface area contributed by atoms with Gasteiger partial charge in [0.2, 0.25) is 0 Å². The molecule has 0 bridgehead atoms. The van der Waals surface area contributed by atoms with Gasteiger partial charge in [-0.1, -0.05) is 31.9 Å². The van der Waals surface area contributed by atoms with E-state index >= 15 is 0 Å². The van der Waals surface area contributed by atoms with Crippen molar-refractivity contribution < 1.29 is 9.53 Å². The van der Waals surface area contributed by atoms with Crippen LogP contribution in [-0.4, -0.2) is 19.1 Å². The van der Waals surface area contributed by atoms with Crippen molar-refractivity contribution in [3.8, 4) is 5.75 Å². The molecular weight excluding hydrogens is 324 g/mol. The predicted octanol–water partition coefficient (Wildman–Crippen LogP) is 4.62. The summed E-state index contributed by atoms with van der Waals surface area (Å²) in [6.07, 6.45) is 5.25. The summed E-state index contributed by atoms with van der Waals surface area (Å²) < 4.78 is 5.13. The molecule has 1 aliphatic carbocycles. The van der Waals surface area contributed by atoms with Gasteiger partial charge in [0.15, 0.2) is 0 Å². The highest BCUT2D eigenvalue weighted by atomic mass is 16.5. The van der Waals surface area contributed by atoms with E-state index in [1.165, 1.54) is 31.2 Å². The topological polar surface area (TPSA) is 50.4 Å². The maximum atomic E-state index is 12.4. The Kier molecular flexibility index (Phi) is 6.29. The molecule has 26 heavy (non-hydrogen) atoms. The molecule has 2 aromatic rings. The summed E-state index contributed by atoms with van der Waals surface area (Å²) >= 11 is 0. The molecule has 0 spiro atoms. The number of carbonyl (C=O) groups is 1. The third-order valence-electron chi connectivity index (χ3n) is 5.22. The van der Waals surface area contributed by atoms with Crippen LogP contribution in [0.25, 0.3) is 0 Å². The van der Waals surface area contributed by atoms with Gasteiger partial charge >= 0.3 is 0 Å². The Morgan fingerprint density at radius 3 is 2.62 bits per heavy atom. The summed E-state index contributed by atoms with van der Waals surface area (Å²) in [7, 11) is 1.61. The lowest BCUT2D eigenvalue weighted by atomic mass is 9.86. The Morgan fingerprint density at radius 1 is 1.12 bits per heavy atom. The molecule has 138 valence electrons. The minimum Gasteiger partial charge on any atom is -0.497 e. The second-order valence-corrected chi connectivity index (χ2v) is 7.13. The van der Waals surface area contributed by atoms with Crippen LogP contribution in [0.5, 0.6) is 5.75 Å². The molecule has 1 fully saturated rings. The van der Waals surface area contributed by atoms with E-state index in [9.17, 15) is 4.79 Å². The van der Waals surface area contributed by atoms with E-state index in [-0.39, 0.29) is 5.91 Å². The van der Waals surface area contributed by atoms with Crippen LogP contribution in [-0.2, 0) is 6.54 Å². The Hall–Kier alpha value is -2.33. The third-order valence-corrected chi connectivity index (χ3v) is 5.22. The molecular formula is C22H28N2O2. The quantitative estimate of drug-likeness (QED) is 0.798. The van der Waals surface area contributed by atoms with Gasteiger partial charge in [0.1, 0.15) is 5.75 Å². The van der Waals surface area contributed by atoms with Crippen molar-refractivity contribution in [3.05, 3.63) is 59.7 Å². The molecule has 4 heteroatoms. The molecule has 2 N–H and O–H groups in total. The normalized spacial score (nSPS) is 19.8. The van der Waals surface area contributed by atoms with Crippen molar-refractivity contribution in [2.75, 3.05) is 12.4 Å². The number of methoxy groups -OCH3 is 1. The van der Waals surface area contributed by atoms with Gasteiger partial charge in [-0.05, 0) is 60.7 Å². The van der Waals surface area contributed by atoms with E-state index in [2.05, 4.69) is 23.6 Å². The summed E-state index contributed by atoms with van der Waals surface area (Å²) in [5.74, 6) is 1.37. The van der Waals surface area contributed by atoms with Gasteiger partial charge < -0.3 is 15.4 Å². The maximum absolute atomic E-state index is 12.4. The van der Waals surface area contributed by atoms with E-state index in [4.69, 9.17) is 4.74 Å². The number of hydrogen-bond acceptors (Lipinski definition) is 3. The lowest BCUT2D eigenvalue weighted by Crippen LogP contribution is -2.36. The second kappa shape index (κ2) is 8.86. The van der Waals surface area contributed by atoms with E-state index in [0.29, 0.717) is 11.6 Å². The molecule has 0 unspecified atom stereocenters. The first-order valence-electron chi connectivity index (χ1n) is 9.43. The molecule has 2 atom stereocenters. The summed E-state index contributed by atoms with van der Waals surface area (Å²) in [4.78, 5) is 12.4. The second-order valence-electron chi connectivity index (χ2n) is 7.13. The number of carbonyl (C=O) groups excluding carboxylic acids is 1. The number of benzene rings is 2. The van der Waals surface area contributed by atoms with Gasteiger partial charge in [0.05, 0.1) is 7.11 Å². The standard InChI is InChI=1S/C22H28N2O2/c1-16-6-3-4-9-21(16)23-15-17-7-5-8-19(14-17)24-22(25)18-10-12-20(26-2)13-11-18/h5,7-8,10-14,16,21,23H,3-4,6,9,15H2,1-2H3,(H,24,25)/t16-,21-/m1/s1. The van der Waals surface area contributed by atoms with Crippen LogP contribution in [0.3, 0.4) is 0 Å². The number of rotatable bonds is 6. The maximum Gasteiger partial charge on any atom is 0.255 e. The molecule has 2 aromatic carbocycles. The fraction of sp³-hybridized carbons (Fsp3) is 0.409. The van der Waals surface area contributed by atoms with Gasteiger partial charge in [0, 0.05) is 23.8 Å². The minimum atomic E-state index is -0.112. The van der Waals surface area contributed by atoms with E-state index < -0.39 is 0 Å². The molecule has 0 aromatic heterocycles. The lowest BCUT2D eigenvalue weighted by Gasteiger charge is -2.29. The third kappa shape index (κ3) is 4.85. The molecule has 1 saturated carbocycles. The smallest absolute Gasteiger partial charge is 0.255 e. The van der Waals surface area contributed by atoms with E-state index in [0.717, 1.165) is 23.9 Å². The van der Waals surface area contributed by atoms with Crippen LogP contribution in [0, 0.1) is 5.92 Å². The van der Waals surface area contributed by atoms with Crippen molar-refractivity contribution in [3.63, 3.8) is 0 Å². The SMILES string of the molecule is COc1ccc(C(=O)Nc2cccc(CN[C@@H]3CCCC[C@H]3C)c2)cc1. The molecule has 0 saturated heterocycles. The first-order valence-corrected chi connectivity index (χ1v) is 9.43. The molecule has 0 heterocycles. The van der Waals surface area contributed by atoms with Crippen molar-refractivity contribution >= 4 is 11.6 Å². The molecule has 4 nitrogen and oxygen atoms in total. The van der Waals surface area contributed by atoms with E-state index in [1.54, 1.807) is 31.4 Å². The van der Waals surface area contributed by atoms with Crippen LogP contribution in [0.4, 0.5) is 5.69 Å². The fourth-order valence-electron chi connectivity index (χ4n) is 3.57. The number of amides is 1. The largest absolute Gasteiger partial charge is 0.497 e. The molecule has 0 radical (unpaired) electrons. The fourth-order valence-corrected chi connectivity index (χ4v) is 3.57.